The van der Waals surface area contributed by atoms with E-state index in [-0.39, 0.29) is 23.7 Å². The van der Waals surface area contributed by atoms with Crippen molar-refractivity contribution in [3.05, 3.63) is 53.3 Å². The van der Waals surface area contributed by atoms with Gasteiger partial charge in [0, 0.05) is 26.2 Å². The van der Waals surface area contributed by atoms with Gasteiger partial charge in [-0.05, 0) is 49.2 Å². The van der Waals surface area contributed by atoms with Crippen LogP contribution in [0.4, 0.5) is 28.9 Å². The van der Waals surface area contributed by atoms with Crippen molar-refractivity contribution < 1.29 is 30.8 Å². The van der Waals surface area contributed by atoms with Gasteiger partial charge in [0.1, 0.15) is 5.82 Å². The highest BCUT2D eigenvalue weighted by molar-refractivity contribution is 7.89. The van der Waals surface area contributed by atoms with Crippen molar-refractivity contribution >= 4 is 27.3 Å². The fourth-order valence-electron chi connectivity index (χ4n) is 3.79. The normalized spacial score (nSPS) is 14.7. The van der Waals surface area contributed by atoms with Crippen LogP contribution in [0.2, 0.25) is 0 Å². The number of carbonyl (C=O) groups excluding carboxylic acids is 1. The van der Waals surface area contributed by atoms with Gasteiger partial charge in [-0.2, -0.15) is 17.5 Å². The molecular formula is C22H25F4N3O3S. The first kappa shape index (κ1) is 25.0. The number of nitrogens with one attached hydrogen (secondary N) is 1. The highest BCUT2D eigenvalue weighted by Gasteiger charge is 2.32. The summed E-state index contributed by atoms with van der Waals surface area (Å²) in [6.07, 6.45) is -2.92. The van der Waals surface area contributed by atoms with Gasteiger partial charge < -0.3 is 10.2 Å². The van der Waals surface area contributed by atoms with Crippen LogP contribution in [-0.2, 0) is 16.2 Å². The van der Waals surface area contributed by atoms with E-state index in [4.69, 9.17) is 0 Å². The Labute approximate surface area is 190 Å². The van der Waals surface area contributed by atoms with Crippen LogP contribution in [0.3, 0.4) is 0 Å². The summed E-state index contributed by atoms with van der Waals surface area (Å²) < 4.78 is 81.0. The minimum atomic E-state index is -4.63. The summed E-state index contributed by atoms with van der Waals surface area (Å²) in [5, 5.41) is 2.36. The number of sulfonamides is 1. The van der Waals surface area contributed by atoms with Gasteiger partial charge in [0.05, 0.1) is 27.4 Å². The maximum Gasteiger partial charge on any atom is 0.416 e. The van der Waals surface area contributed by atoms with E-state index in [1.54, 1.807) is 13.8 Å². The Morgan fingerprint density at radius 2 is 1.70 bits per heavy atom. The Morgan fingerprint density at radius 3 is 2.27 bits per heavy atom. The number of amides is 1. The molecule has 33 heavy (non-hydrogen) atoms. The molecule has 0 radical (unpaired) electrons. The number of halogens is 4. The molecular weight excluding hydrogens is 462 g/mol. The summed E-state index contributed by atoms with van der Waals surface area (Å²) in [5.74, 6) is -2.02. The Balaban J connectivity index is 2.00. The number of carbonyl (C=O) groups is 1. The molecule has 2 aromatic carbocycles. The Morgan fingerprint density at radius 1 is 1.06 bits per heavy atom. The molecule has 1 N–H and O–H groups in total. The Kier molecular flexibility index (Phi) is 7.32. The average Bonchev–Trinajstić information content (AvgIpc) is 3.28. The summed E-state index contributed by atoms with van der Waals surface area (Å²) in [5.41, 5.74) is -1.26. The zero-order valence-corrected chi connectivity index (χ0v) is 19.1. The molecule has 6 nitrogen and oxygen atoms in total. The fraction of sp³-hybridized carbons (Fsp3) is 0.409. The summed E-state index contributed by atoms with van der Waals surface area (Å²) >= 11 is 0. The van der Waals surface area contributed by atoms with E-state index in [1.165, 1.54) is 6.07 Å². The first-order valence-corrected chi connectivity index (χ1v) is 12.0. The molecule has 0 atom stereocenters. The number of rotatable bonds is 7. The lowest BCUT2D eigenvalue weighted by Gasteiger charge is -2.23. The summed E-state index contributed by atoms with van der Waals surface area (Å²) in [4.78, 5) is 14.5. The SMILES string of the molecule is CCN(CC)S(=O)(=O)c1ccc(F)c(C(=O)Nc2cc(C(F)(F)F)ccc2N2CCCC2)c1. The number of nitrogens with zero attached hydrogens (tertiary/aromatic N) is 2. The van der Waals surface area contributed by atoms with E-state index in [9.17, 15) is 30.8 Å². The topological polar surface area (TPSA) is 69.7 Å². The van der Waals surface area contributed by atoms with Crippen LogP contribution >= 0.6 is 0 Å². The van der Waals surface area contributed by atoms with Gasteiger partial charge in [-0.3, -0.25) is 4.79 Å². The molecule has 0 aromatic heterocycles. The minimum absolute atomic E-state index is 0.117. The second-order valence-electron chi connectivity index (χ2n) is 7.61. The van der Waals surface area contributed by atoms with E-state index < -0.39 is 39.1 Å². The molecule has 2 aromatic rings. The lowest BCUT2D eigenvalue weighted by molar-refractivity contribution is -0.137. The second kappa shape index (κ2) is 9.68. The van der Waals surface area contributed by atoms with Gasteiger partial charge in [-0.25, -0.2) is 12.8 Å². The second-order valence-corrected chi connectivity index (χ2v) is 9.55. The molecule has 1 heterocycles. The average molecular weight is 488 g/mol. The molecule has 1 fully saturated rings. The Bertz CT molecular complexity index is 1130. The van der Waals surface area contributed by atoms with Crippen molar-refractivity contribution in [3.63, 3.8) is 0 Å². The molecule has 1 aliphatic heterocycles. The predicted octanol–water partition coefficient (Wildman–Crippen LogP) is 4.73. The largest absolute Gasteiger partial charge is 0.416 e. The van der Waals surface area contributed by atoms with Crippen LogP contribution < -0.4 is 10.2 Å². The molecule has 1 saturated heterocycles. The van der Waals surface area contributed by atoms with Crippen LogP contribution in [0.1, 0.15) is 42.6 Å². The highest BCUT2D eigenvalue weighted by Crippen LogP contribution is 2.37. The molecule has 0 spiro atoms. The number of hydrogen-bond donors (Lipinski definition) is 1. The number of alkyl halides is 3. The molecule has 0 aliphatic carbocycles. The van der Waals surface area contributed by atoms with E-state index in [0.717, 1.165) is 47.5 Å². The lowest BCUT2D eigenvalue weighted by Crippen LogP contribution is -2.31. The smallest absolute Gasteiger partial charge is 0.370 e. The van der Waals surface area contributed by atoms with Gasteiger partial charge >= 0.3 is 6.18 Å². The third-order valence-electron chi connectivity index (χ3n) is 5.54. The standard InChI is InChI=1S/C22H25F4N3O3S/c1-3-29(4-2)33(31,32)16-8-9-18(23)17(14-16)21(30)27-19-13-15(22(24,25)26)7-10-20(19)28-11-5-6-12-28/h7-10,13-14H,3-6,11-12H2,1-2H3,(H,27,30). The van der Waals surface area contributed by atoms with E-state index >= 15 is 0 Å². The van der Waals surface area contributed by atoms with Crippen molar-refractivity contribution in [2.45, 2.75) is 37.8 Å². The third-order valence-corrected chi connectivity index (χ3v) is 7.59. The summed E-state index contributed by atoms with van der Waals surface area (Å²) in [7, 11) is -3.96. The quantitative estimate of drug-likeness (QED) is 0.574. The number of hydrogen-bond acceptors (Lipinski definition) is 4. The molecule has 0 bridgehead atoms. The van der Waals surface area contributed by atoms with Crippen molar-refractivity contribution in [2.24, 2.45) is 0 Å². The fourth-order valence-corrected chi connectivity index (χ4v) is 5.27. The summed E-state index contributed by atoms with van der Waals surface area (Å²) in [6.45, 7) is 4.88. The molecule has 0 saturated carbocycles. The monoisotopic (exact) mass is 487 g/mol. The van der Waals surface area contributed by atoms with E-state index in [1.807, 2.05) is 4.90 Å². The highest BCUT2D eigenvalue weighted by atomic mass is 32.2. The first-order valence-electron chi connectivity index (χ1n) is 10.6. The van der Waals surface area contributed by atoms with Gasteiger partial charge in [-0.1, -0.05) is 13.8 Å². The lowest BCUT2D eigenvalue weighted by atomic mass is 10.1. The van der Waals surface area contributed by atoms with Gasteiger partial charge in [-0.15, -0.1) is 0 Å². The Hall–Kier alpha value is -2.66. The maximum atomic E-state index is 14.5. The maximum absolute atomic E-state index is 14.5. The molecule has 11 heteroatoms. The molecule has 180 valence electrons. The summed E-state index contributed by atoms with van der Waals surface area (Å²) in [6, 6.07) is 5.84. The van der Waals surface area contributed by atoms with Gasteiger partial charge in [0.25, 0.3) is 5.91 Å². The van der Waals surface area contributed by atoms with E-state index in [2.05, 4.69) is 5.32 Å². The third kappa shape index (κ3) is 5.30. The van der Waals surface area contributed by atoms with Crippen LogP contribution in [-0.4, -0.2) is 44.8 Å². The predicted molar refractivity (Wildman–Crippen MR) is 117 cm³/mol. The van der Waals surface area contributed by atoms with E-state index in [0.29, 0.717) is 18.8 Å². The van der Waals surface area contributed by atoms with Crippen LogP contribution in [0.15, 0.2) is 41.3 Å². The number of benzene rings is 2. The molecule has 1 amide bonds. The first-order chi connectivity index (χ1) is 15.5. The number of anilines is 2. The molecule has 3 rings (SSSR count). The zero-order chi connectivity index (χ0) is 24.4. The van der Waals surface area contributed by atoms with Gasteiger partial charge in [0.15, 0.2) is 0 Å². The molecule has 0 unspecified atom stereocenters. The van der Waals surface area contributed by atoms with Crippen LogP contribution in [0.5, 0.6) is 0 Å². The van der Waals surface area contributed by atoms with Crippen molar-refractivity contribution in [2.75, 3.05) is 36.4 Å². The van der Waals surface area contributed by atoms with Crippen molar-refractivity contribution in [3.8, 4) is 0 Å². The van der Waals surface area contributed by atoms with Gasteiger partial charge in [0.2, 0.25) is 10.0 Å². The van der Waals surface area contributed by atoms with Crippen molar-refractivity contribution in [1.29, 1.82) is 0 Å². The van der Waals surface area contributed by atoms with Crippen LogP contribution in [0, 0.1) is 5.82 Å². The zero-order valence-electron chi connectivity index (χ0n) is 18.2. The molecule has 1 aliphatic rings. The minimum Gasteiger partial charge on any atom is -0.370 e. The van der Waals surface area contributed by atoms with Crippen molar-refractivity contribution in [1.82, 2.24) is 4.31 Å². The van der Waals surface area contributed by atoms with Crippen LogP contribution in [0.25, 0.3) is 0 Å².